The molecule has 1 aromatic heterocycles. The molecule has 1 aliphatic heterocycles. The topological polar surface area (TPSA) is 98.7 Å². The average Bonchev–Trinajstić information content (AvgIpc) is 2.70. The van der Waals surface area contributed by atoms with Gasteiger partial charge in [0.05, 0.1) is 12.2 Å². The maximum atomic E-state index is 12.3. The molecule has 0 radical (unpaired) electrons. The number of piperazine rings is 1. The number of nitrogens with zero attached hydrogens (tertiary/aromatic N) is 4. The molecule has 3 rings (SSSR count). The molecule has 1 fully saturated rings. The van der Waals surface area contributed by atoms with Crippen molar-refractivity contribution >= 4 is 11.7 Å². The van der Waals surface area contributed by atoms with Crippen molar-refractivity contribution in [1.82, 2.24) is 25.3 Å². The third-order valence-corrected chi connectivity index (χ3v) is 4.20. The Hall–Kier alpha value is -2.68. The maximum Gasteiger partial charge on any atom is 0.268 e. The van der Waals surface area contributed by atoms with Gasteiger partial charge in [-0.3, -0.25) is 19.9 Å². The highest BCUT2D eigenvalue weighted by molar-refractivity contribution is 6.06. The van der Waals surface area contributed by atoms with E-state index in [4.69, 9.17) is 5.11 Å². The summed E-state index contributed by atoms with van der Waals surface area (Å²) in [6, 6.07) is 8.77. The van der Waals surface area contributed by atoms with Gasteiger partial charge in [-0.1, -0.05) is 30.3 Å². The Morgan fingerprint density at radius 3 is 2.27 bits per heavy atom. The van der Waals surface area contributed by atoms with E-state index >= 15 is 0 Å². The standard InChI is InChI=1S/C18H21N5O3/c24-11-10-22-6-8-23(9-7-22)21-18(26)15-12-19-17(20-13-15)16(25)14-4-2-1-3-5-14/h1-5,12-13,24H,6-11H2,(H,21,26). The van der Waals surface area contributed by atoms with Crippen molar-refractivity contribution in [2.24, 2.45) is 0 Å². The minimum absolute atomic E-state index is 0.0605. The van der Waals surface area contributed by atoms with Gasteiger partial charge in [0.25, 0.3) is 5.91 Å². The predicted octanol–water partition coefficient (Wildman–Crippen LogP) is -0.0377. The van der Waals surface area contributed by atoms with Gasteiger partial charge in [-0.2, -0.15) is 0 Å². The molecule has 0 aliphatic carbocycles. The van der Waals surface area contributed by atoms with Gasteiger partial charge in [0.1, 0.15) is 0 Å². The Kier molecular flexibility index (Phi) is 6.00. The molecule has 2 aromatic rings. The first-order chi connectivity index (χ1) is 12.7. The molecular weight excluding hydrogens is 334 g/mol. The summed E-state index contributed by atoms with van der Waals surface area (Å²) in [5.74, 6) is -0.526. The zero-order chi connectivity index (χ0) is 18.4. The molecule has 1 amide bonds. The Labute approximate surface area is 151 Å². The number of hydrogen-bond acceptors (Lipinski definition) is 7. The Morgan fingerprint density at radius 2 is 1.65 bits per heavy atom. The highest BCUT2D eigenvalue weighted by Crippen LogP contribution is 2.06. The summed E-state index contributed by atoms with van der Waals surface area (Å²) in [7, 11) is 0. The number of ketones is 1. The lowest BCUT2D eigenvalue weighted by Crippen LogP contribution is -2.53. The second-order valence-corrected chi connectivity index (χ2v) is 5.98. The second kappa shape index (κ2) is 8.61. The SMILES string of the molecule is O=C(NN1CCN(CCO)CC1)c1cnc(C(=O)c2ccccc2)nc1. The largest absolute Gasteiger partial charge is 0.395 e. The summed E-state index contributed by atoms with van der Waals surface area (Å²) in [4.78, 5) is 34.8. The van der Waals surface area contributed by atoms with Crippen LogP contribution in [0.3, 0.4) is 0 Å². The average molecular weight is 355 g/mol. The molecular formula is C18H21N5O3. The maximum absolute atomic E-state index is 12.3. The van der Waals surface area contributed by atoms with Crippen LogP contribution in [0.25, 0.3) is 0 Å². The first kappa shape index (κ1) is 18.1. The molecule has 2 N–H and O–H groups in total. The van der Waals surface area contributed by atoms with Crippen molar-refractivity contribution in [2.45, 2.75) is 0 Å². The van der Waals surface area contributed by atoms with E-state index in [1.54, 1.807) is 24.3 Å². The summed E-state index contributed by atoms with van der Waals surface area (Å²) < 4.78 is 0. The fraction of sp³-hybridized carbons (Fsp3) is 0.333. The van der Waals surface area contributed by atoms with E-state index < -0.39 is 0 Å². The number of carbonyl (C=O) groups excluding carboxylic acids is 2. The number of β-amino-alcohol motifs (C(OH)–C–C–N with tert-alkyl or cyclic N) is 1. The molecule has 136 valence electrons. The molecule has 26 heavy (non-hydrogen) atoms. The molecule has 0 unspecified atom stereocenters. The van der Waals surface area contributed by atoms with Crippen LogP contribution in [0.1, 0.15) is 26.5 Å². The van der Waals surface area contributed by atoms with Crippen molar-refractivity contribution < 1.29 is 14.7 Å². The van der Waals surface area contributed by atoms with Gasteiger partial charge in [0.15, 0.2) is 0 Å². The van der Waals surface area contributed by atoms with Gasteiger partial charge < -0.3 is 5.11 Å². The highest BCUT2D eigenvalue weighted by Gasteiger charge is 2.19. The van der Waals surface area contributed by atoms with E-state index in [1.165, 1.54) is 12.4 Å². The van der Waals surface area contributed by atoms with Crippen LogP contribution in [0.15, 0.2) is 42.7 Å². The van der Waals surface area contributed by atoms with E-state index in [9.17, 15) is 9.59 Å². The number of hydrazine groups is 1. The number of aliphatic hydroxyl groups excluding tert-OH is 1. The van der Waals surface area contributed by atoms with Crippen molar-refractivity contribution in [3.05, 3.63) is 59.7 Å². The quantitative estimate of drug-likeness (QED) is 0.702. The minimum Gasteiger partial charge on any atom is -0.395 e. The monoisotopic (exact) mass is 355 g/mol. The van der Waals surface area contributed by atoms with Crippen molar-refractivity contribution in [1.29, 1.82) is 0 Å². The Bertz CT molecular complexity index is 743. The number of hydrogen-bond donors (Lipinski definition) is 2. The van der Waals surface area contributed by atoms with Crippen LogP contribution in [-0.2, 0) is 0 Å². The first-order valence-corrected chi connectivity index (χ1v) is 8.48. The molecule has 0 atom stereocenters. The fourth-order valence-corrected chi connectivity index (χ4v) is 2.71. The third kappa shape index (κ3) is 4.48. The Morgan fingerprint density at radius 1 is 1.00 bits per heavy atom. The zero-order valence-corrected chi connectivity index (χ0v) is 14.3. The molecule has 8 nitrogen and oxygen atoms in total. The Balaban J connectivity index is 1.57. The first-order valence-electron chi connectivity index (χ1n) is 8.48. The van der Waals surface area contributed by atoms with Crippen LogP contribution in [0.5, 0.6) is 0 Å². The molecule has 2 heterocycles. The molecule has 0 spiro atoms. The second-order valence-electron chi connectivity index (χ2n) is 5.98. The van der Waals surface area contributed by atoms with Crippen LogP contribution < -0.4 is 5.43 Å². The van der Waals surface area contributed by atoms with Crippen LogP contribution in [-0.4, -0.2) is 76.0 Å². The van der Waals surface area contributed by atoms with Gasteiger partial charge >= 0.3 is 0 Å². The number of aromatic nitrogens is 2. The van der Waals surface area contributed by atoms with E-state index in [0.717, 1.165) is 13.1 Å². The molecule has 1 saturated heterocycles. The van der Waals surface area contributed by atoms with E-state index in [-0.39, 0.29) is 24.1 Å². The highest BCUT2D eigenvalue weighted by atomic mass is 16.3. The summed E-state index contributed by atoms with van der Waals surface area (Å²) in [5.41, 5.74) is 3.62. The predicted molar refractivity (Wildman–Crippen MR) is 94.5 cm³/mol. The summed E-state index contributed by atoms with van der Waals surface area (Å²) in [6.07, 6.45) is 2.72. The van der Waals surface area contributed by atoms with Crippen molar-refractivity contribution in [3.63, 3.8) is 0 Å². The van der Waals surface area contributed by atoms with Crippen LogP contribution in [0, 0.1) is 0 Å². The van der Waals surface area contributed by atoms with E-state index in [0.29, 0.717) is 30.8 Å². The molecule has 8 heteroatoms. The molecule has 0 saturated carbocycles. The number of aliphatic hydroxyl groups is 1. The van der Waals surface area contributed by atoms with Crippen LogP contribution in [0.2, 0.25) is 0 Å². The van der Waals surface area contributed by atoms with Gasteiger partial charge in [-0.25, -0.2) is 15.0 Å². The van der Waals surface area contributed by atoms with Crippen LogP contribution >= 0.6 is 0 Å². The fourth-order valence-electron chi connectivity index (χ4n) is 2.71. The number of rotatable bonds is 6. The zero-order valence-electron chi connectivity index (χ0n) is 14.3. The van der Waals surface area contributed by atoms with Crippen molar-refractivity contribution in [3.8, 4) is 0 Å². The number of amides is 1. The molecule has 1 aliphatic rings. The number of nitrogens with one attached hydrogen (secondary N) is 1. The minimum atomic E-state index is -0.306. The van der Waals surface area contributed by atoms with Crippen molar-refractivity contribution in [2.75, 3.05) is 39.3 Å². The summed E-state index contributed by atoms with van der Waals surface area (Å²) in [6.45, 7) is 3.70. The lowest BCUT2D eigenvalue weighted by atomic mass is 10.1. The lowest BCUT2D eigenvalue weighted by molar-refractivity contribution is 0.0580. The van der Waals surface area contributed by atoms with Gasteiger partial charge in [0.2, 0.25) is 11.6 Å². The van der Waals surface area contributed by atoms with Gasteiger partial charge in [0, 0.05) is 50.7 Å². The van der Waals surface area contributed by atoms with E-state index in [2.05, 4.69) is 20.3 Å². The van der Waals surface area contributed by atoms with Crippen LogP contribution in [0.4, 0.5) is 0 Å². The molecule has 1 aromatic carbocycles. The smallest absolute Gasteiger partial charge is 0.268 e. The molecule has 0 bridgehead atoms. The normalized spacial score (nSPS) is 15.6. The van der Waals surface area contributed by atoms with Gasteiger partial charge in [-0.05, 0) is 0 Å². The summed E-state index contributed by atoms with van der Waals surface area (Å²) in [5, 5.41) is 10.8. The number of carbonyl (C=O) groups is 2. The van der Waals surface area contributed by atoms with Gasteiger partial charge in [-0.15, -0.1) is 0 Å². The summed E-state index contributed by atoms with van der Waals surface area (Å²) >= 11 is 0. The van der Waals surface area contributed by atoms with E-state index in [1.807, 2.05) is 11.1 Å². The third-order valence-electron chi connectivity index (χ3n) is 4.20. The lowest BCUT2D eigenvalue weighted by Gasteiger charge is -2.34. The number of benzene rings is 1.